The third kappa shape index (κ3) is 1.32. The first kappa shape index (κ1) is 9.21. The molecule has 0 aliphatic carbocycles. The van der Waals surface area contributed by atoms with Crippen LogP contribution in [-0.4, -0.2) is 14.8 Å². The molecule has 1 atom stereocenters. The summed E-state index contributed by atoms with van der Waals surface area (Å²) in [5, 5.41) is 7.69. The van der Waals surface area contributed by atoms with Crippen LogP contribution < -0.4 is 11.1 Å². The molecule has 0 saturated heterocycles. The second-order valence-electron chi connectivity index (χ2n) is 4.01. The Bertz CT molecular complexity index is 486. The van der Waals surface area contributed by atoms with Gasteiger partial charge in [-0.05, 0) is 11.6 Å². The van der Waals surface area contributed by atoms with Crippen LogP contribution >= 0.6 is 0 Å². The Kier molecular flexibility index (Phi) is 1.86. The largest absolute Gasteiger partial charge is 0.375 e. The summed E-state index contributed by atoms with van der Waals surface area (Å²) in [6.07, 6.45) is 0.916. The smallest absolute Gasteiger partial charge is 0.218 e. The lowest BCUT2D eigenvalue weighted by atomic mass is 10.1. The van der Waals surface area contributed by atoms with E-state index in [-0.39, 0.29) is 6.04 Å². The maximum absolute atomic E-state index is 5.67. The lowest BCUT2D eigenvalue weighted by Gasteiger charge is -2.05. The van der Waals surface area contributed by atoms with Crippen molar-refractivity contribution in [3.63, 3.8) is 0 Å². The fraction of sp³-hybridized carbons (Fsp3) is 0.273. The minimum Gasteiger partial charge on any atom is -0.375 e. The van der Waals surface area contributed by atoms with Gasteiger partial charge >= 0.3 is 0 Å². The number of nitrogen functional groups attached to an aromatic ring is 1. The van der Waals surface area contributed by atoms with Gasteiger partial charge in [-0.15, -0.1) is 0 Å². The third-order valence-corrected chi connectivity index (χ3v) is 2.90. The van der Waals surface area contributed by atoms with Crippen LogP contribution in [0.3, 0.4) is 0 Å². The molecule has 0 bridgehead atoms. The fourth-order valence-electron chi connectivity index (χ4n) is 2.02. The van der Waals surface area contributed by atoms with E-state index in [0.29, 0.717) is 5.95 Å². The van der Waals surface area contributed by atoms with Crippen LogP contribution in [0, 0.1) is 0 Å². The molecule has 1 aromatic carbocycles. The zero-order valence-electron chi connectivity index (χ0n) is 9.01. The fourth-order valence-corrected chi connectivity index (χ4v) is 2.02. The summed E-state index contributed by atoms with van der Waals surface area (Å²) in [5.41, 5.74) is 8.14. The minimum absolute atomic E-state index is 0.140. The number of nitrogens with one attached hydrogen (secondary N) is 1. The van der Waals surface area contributed by atoms with Gasteiger partial charge in [0.05, 0.1) is 6.04 Å². The number of hydrogen-bond acceptors (Lipinski definition) is 4. The summed E-state index contributed by atoms with van der Waals surface area (Å²) in [6.45, 7) is 0. The van der Waals surface area contributed by atoms with E-state index in [2.05, 4.69) is 27.5 Å². The zero-order valence-corrected chi connectivity index (χ0v) is 9.01. The van der Waals surface area contributed by atoms with Crippen LogP contribution in [0.5, 0.6) is 0 Å². The predicted octanol–water partition coefficient (Wildman–Crippen LogP) is 1.11. The van der Waals surface area contributed by atoms with Gasteiger partial charge in [-0.25, -0.2) is 4.68 Å². The van der Waals surface area contributed by atoms with Crippen molar-refractivity contribution in [1.29, 1.82) is 0 Å². The van der Waals surface area contributed by atoms with Crippen LogP contribution in [0.1, 0.15) is 17.4 Å². The van der Waals surface area contributed by atoms with Crippen LogP contribution in [-0.2, 0) is 13.5 Å². The number of anilines is 2. The number of benzene rings is 1. The summed E-state index contributed by atoms with van der Waals surface area (Å²) in [5.74, 6) is 1.21. The first-order valence-electron chi connectivity index (χ1n) is 5.25. The van der Waals surface area contributed by atoms with Gasteiger partial charge < -0.3 is 11.1 Å². The van der Waals surface area contributed by atoms with Gasteiger partial charge in [0.15, 0.2) is 5.82 Å². The van der Waals surface area contributed by atoms with E-state index >= 15 is 0 Å². The van der Waals surface area contributed by atoms with Gasteiger partial charge in [-0.2, -0.15) is 10.1 Å². The number of rotatable bonds is 1. The zero-order chi connectivity index (χ0) is 11.1. The predicted molar refractivity (Wildman–Crippen MR) is 61.9 cm³/mol. The number of aryl methyl sites for hydroxylation is 1. The second-order valence-corrected chi connectivity index (χ2v) is 4.01. The Hall–Kier alpha value is -2.04. The highest BCUT2D eigenvalue weighted by Gasteiger charge is 2.25. The molecule has 82 valence electrons. The van der Waals surface area contributed by atoms with E-state index < -0.39 is 0 Å². The van der Waals surface area contributed by atoms with Gasteiger partial charge in [0, 0.05) is 19.2 Å². The normalized spacial score (nSPS) is 18.2. The highest BCUT2D eigenvalue weighted by Crippen LogP contribution is 2.32. The van der Waals surface area contributed by atoms with E-state index in [1.54, 1.807) is 11.7 Å². The first-order valence-corrected chi connectivity index (χ1v) is 5.25. The van der Waals surface area contributed by atoms with Crippen molar-refractivity contribution in [2.45, 2.75) is 12.5 Å². The third-order valence-electron chi connectivity index (χ3n) is 2.90. The van der Waals surface area contributed by atoms with E-state index in [1.165, 1.54) is 11.3 Å². The standard InChI is InChI=1S/C11H13N5/c1-16-11(12)14-10(15-16)9-6-7-4-2-3-5-8(7)13-9/h2-5,9,13H,6H2,1H3,(H2,12,14,15)/t9-/m0/s1. The van der Waals surface area contributed by atoms with Crippen LogP contribution in [0.25, 0.3) is 0 Å². The van der Waals surface area contributed by atoms with Gasteiger partial charge in [-0.3, -0.25) is 0 Å². The van der Waals surface area contributed by atoms with E-state index in [0.717, 1.165) is 12.2 Å². The molecule has 3 rings (SSSR count). The van der Waals surface area contributed by atoms with E-state index in [1.807, 2.05) is 12.1 Å². The molecule has 5 heteroatoms. The molecule has 16 heavy (non-hydrogen) atoms. The van der Waals surface area contributed by atoms with Gasteiger partial charge in [0.2, 0.25) is 5.95 Å². The lowest BCUT2D eigenvalue weighted by Crippen LogP contribution is -2.08. The van der Waals surface area contributed by atoms with Crippen molar-refractivity contribution >= 4 is 11.6 Å². The molecule has 2 aromatic rings. The number of aromatic nitrogens is 3. The maximum Gasteiger partial charge on any atom is 0.218 e. The van der Waals surface area contributed by atoms with Gasteiger partial charge in [-0.1, -0.05) is 18.2 Å². The molecule has 5 nitrogen and oxygen atoms in total. The molecule has 1 aliphatic heterocycles. The monoisotopic (exact) mass is 215 g/mol. The number of nitrogens with two attached hydrogens (primary N) is 1. The Balaban J connectivity index is 1.91. The lowest BCUT2D eigenvalue weighted by molar-refractivity contribution is 0.701. The van der Waals surface area contributed by atoms with Crippen molar-refractivity contribution < 1.29 is 0 Å². The van der Waals surface area contributed by atoms with E-state index in [9.17, 15) is 0 Å². The quantitative estimate of drug-likeness (QED) is 0.747. The Morgan fingerprint density at radius 2 is 2.25 bits per heavy atom. The van der Waals surface area contributed by atoms with Gasteiger partial charge in [0.25, 0.3) is 0 Å². The number of hydrogen-bond donors (Lipinski definition) is 2. The molecular formula is C11H13N5. The van der Waals surface area contributed by atoms with Crippen molar-refractivity contribution in [1.82, 2.24) is 14.8 Å². The topological polar surface area (TPSA) is 68.8 Å². The second kappa shape index (κ2) is 3.23. The summed E-state index contributed by atoms with van der Waals surface area (Å²) >= 11 is 0. The van der Waals surface area contributed by atoms with Crippen molar-refractivity contribution in [2.75, 3.05) is 11.1 Å². The Labute approximate surface area is 93.3 Å². The molecule has 1 aliphatic rings. The number of nitrogens with zero attached hydrogens (tertiary/aromatic N) is 3. The SMILES string of the molecule is Cn1nc([C@@H]2Cc3ccccc3N2)nc1N. The molecule has 0 radical (unpaired) electrons. The molecule has 0 fully saturated rings. The average molecular weight is 215 g/mol. The molecule has 3 N–H and O–H groups in total. The summed E-state index contributed by atoms with van der Waals surface area (Å²) in [6, 6.07) is 8.40. The van der Waals surface area contributed by atoms with Crippen LogP contribution in [0.4, 0.5) is 11.6 Å². The summed E-state index contributed by atoms with van der Waals surface area (Å²) in [4.78, 5) is 4.24. The number of fused-ring (bicyclic) bond motifs is 1. The van der Waals surface area contributed by atoms with Crippen molar-refractivity contribution in [2.24, 2.45) is 7.05 Å². The highest BCUT2D eigenvalue weighted by molar-refractivity contribution is 5.57. The van der Waals surface area contributed by atoms with Crippen molar-refractivity contribution in [3.8, 4) is 0 Å². The minimum atomic E-state index is 0.140. The summed E-state index contributed by atoms with van der Waals surface area (Å²) < 4.78 is 1.60. The summed E-state index contributed by atoms with van der Waals surface area (Å²) in [7, 11) is 1.80. The average Bonchev–Trinajstić information content (AvgIpc) is 2.83. The Morgan fingerprint density at radius 3 is 2.94 bits per heavy atom. The molecule has 0 amide bonds. The van der Waals surface area contributed by atoms with Crippen LogP contribution in [0.15, 0.2) is 24.3 Å². The number of para-hydroxylation sites is 1. The molecular weight excluding hydrogens is 202 g/mol. The molecule has 0 unspecified atom stereocenters. The van der Waals surface area contributed by atoms with E-state index in [4.69, 9.17) is 5.73 Å². The molecule has 0 saturated carbocycles. The van der Waals surface area contributed by atoms with Gasteiger partial charge in [0.1, 0.15) is 0 Å². The Morgan fingerprint density at radius 1 is 1.44 bits per heavy atom. The molecule has 1 aromatic heterocycles. The maximum atomic E-state index is 5.67. The first-order chi connectivity index (χ1) is 7.74. The molecule has 2 heterocycles. The van der Waals surface area contributed by atoms with Crippen LogP contribution in [0.2, 0.25) is 0 Å². The highest BCUT2D eigenvalue weighted by atomic mass is 15.4. The van der Waals surface area contributed by atoms with Crippen molar-refractivity contribution in [3.05, 3.63) is 35.7 Å². The molecule has 0 spiro atoms.